The molecule has 0 saturated carbocycles. The third-order valence-corrected chi connectivity index (χ3v) is 4.28. The van der Waals surface area contributed by atoms with E-state index < -0.39 is 10.8 Å². The van der Waals surface area contributed by atoms with E-state index in [-0.39, 0.29) is 6.04 Å². The number of nitrogens with zero attached hydrogens (tertiary/aromatic N) is 5. The number of nitriles is 1. The largest absolute Gasteiger partial charge is 0.346 e. The summed E-state index contributed by atoms with van der Waals surface area (Å²) in [5.41, 5.74) is 1.47. The SMILES string of the molecule is C=C(NC=NC1=NC=CC1)c1cnn(C(CC#N)CCS(C)=O)c1. The highest BCUT2D eigenvalue weighted by molar-refractivity contribution is 7.84. The van der Waals surface area contributed by atoms with Crippen molar-refractivity contribution in [2.24, 2.45) is 9.98 Å². The molecule has 0 saturated heterocycles. The van der Waals surface area contributed by atoms with Crippen LogP contribution in [-0.2, 0) is 10.8 Å². The van der Waals surface area contributed by atoms with E-state index >= 15 is 0 Å². The van der Waals surface area contributed by atoms with Gasteiger partial charge in [-0.25, -0.2) is 9.98 Å². The minimum atomic E-state index is -0.885. The summed E-state index contributed by atoms with van der Waals surface area (Å²) in [6.07, 6.45) is 12.1. The van der Waals surface area contributed by atoms with Crippen molar-refractivity contribution in [2.75, 3.05) is 12.0 Å². The third kappa shape index (κ3) is 5.28. The monoisotopic (exact) mass is 344 g/mol. The molecule has 2 heterocycles. The number of nitrogens with one attached hydrogen (secondary N) is 1. The summed E-state index contributed by atoms with van der Waals surface area (Å²) < 4.78 is 13.0. The van der Waals surface area contributed by atoms with Crippen LogP contribution in [0.4, 0.5) is 0 Å². The van der Waals surface area contributed by atoms with Gasteiger partial charge in [0.05, 0.1) is 31.1 Å². The molecule has 1 aromatic heterocycles. The quantitative estimate of drug-likeness (QED) is 0.576. The number of aromatic nitrogens is 2. The summed E-state index contributed by atoms with van der Waals surface area (Å²) in [7, 11) is -0.885. The predicted molar refractivity (Wildman–Crippen MR) is 96.9 cm³/mol. The van der Waals surface area contributed by atoms with Crippen LogP contribution in [0.5, 0.6) is 0 Å². The average Bonchev–Trinajstić information content (AvgIpc) is 3.22. The minimum absolute atomic E-state index is 0.0898. The molecule has 0 spiro atoms. The zero-order valence-corrected chi connectivity index (χ0v) is 14.4. The summed E-state index contributed by atoms with van der Waals surface area (Å²) >= 11 is 0. The molecule has 0 radical (unpaired) electrons. The molecule has 0 aliphatic carbocycles. The van der Waals surface area contributed by atoms with Gasteiger partial charge >= 0.3 is 0 Å². The first-order chi connectivity index (χ1) is 11.6. The fourth-order valence-electron chi connectivity index (χ4n) is 2.13. The zero-order valence-electron chi connectivity index (χ0n) is 13.6. The zero-order chi connectivity index (χ0) is 17.4. The maximum atomic E-state index is 11.3. The van der Waals surface area contributed by atoms with Crippen molar-refractivity contribution in [1.29, 1.82) is 5.26 Å². The van der Waals surface area contributed by atoms with Crippen LogP contribution in [0.15, 0.2) is 41.2 Å². The van der Waals surface area contributed by atoms with Gasteiger partial charge in [0.25, 0.3) is 0 Å². The molecule has 0 aromatic carbocycles. The van der Waals surface area contributed by atoms with Crippen molar-refractivity contribution in [2.45, 2.75) is 25.3 Å². The summed E-state index contributed by atoms with van der Waals surface area (Å²) in [6.45, 7) is 3.96. The molecule has 7 nitrogen and oxygen atoms in total. The van der Waals surface area contributed by atoms with Gasteiger partial charge in [-0.1, -0.05) is 12.7 Å². The van der Waals surface area contributed by atoms with E-state index in [2.05, 4.69) is 33.0 Å². The van der Waals surface area contributed by atoms with Crippen LogP contribution >= 0.6 is 0 Å². The lowest BCUT2D eigenvalue weighted by molar-refractivity contribution is 0.450. The third-order valence-electron chi connectivity index (χ3n) is 3.47. The van der Waals surface area contributed by atoms with E-state index in [9.17, 15) is 4.21 Å². The highest BCUT2D eigenvalue weighted by Gasteiger charge is 2.13. The van der Waals surface area contributed by atoms with Gasteiger partial charge in [-0.05, 0) is 6.42 Å². The predicted octanol–water partition coefficient (Wildman–Crippen LogP) is 2.01. The lowest BCUT2D eigenvalue weighted by Crippen LogP contribution is -2.13. The van der Waals surface area contributed by atoms with Gasteiger partial charge in [-0.15, -0.1) is 0 Å². The van der Waals surface area contributed by atoms with Crippen LogP contribution in [0.2, 0.25) is 0 Å². The second-order valence-electron chi connectivity index (χ2n) is 5.31. The molecule has 0 amide bonds. The van der Waals surface area contributed by atoms with Crippen LogP contribution in [0.25, 0.3) is 5.70 Å². The Morgan fingerprint density at radius 3 is 3.21 bits per heavy atom. The molecule has 1 aromatic rings. The number of hydrogen-bond donors (Lipinski definition) is 1. The maximum absolute atomic E-state index is 11.3. The lowest BCUT2D eigenvalue weighted by atomic mass is 10.2. The molecule has 1 aliphatic heterocycles. The average molecular weight is 344 g/mol. The molecule has 24 heavy (non-hydrogen) atoms. The second-order valence-corrected chi connectivity index (χ2v) is 6.86. The molecule has 8 heteroatoms. The Balaban J connectivity index is 1.95. The minimum Gasteiger partial charge on any atom is -0.346 e. The molecule has 2 rings (SSSR count). The fourth-order valence-corrected chi connectivity index (χ4v) is 2.74. The van der Waals surface area contributed by atoms with Gasteiger partial charge in [0, 0.05) is 52.9 Å². The van der Waals surface area contributed by atoms with Gasteiger partial charge in [-0.3, -0.25) is 8.89 Å². The van der Waals surface area contributed by atoms with Crippen molar-refractivity contribution < 1.29 is 4.21 Å². The Bertz CT molecular complexity index is 740. The summed E-state index contributed by atoms with van der Waals surface area (Å²) in [5.74, 6) is 1.29. The van der Waals surface area contributed by atoms with Crippen molar-refractivity contribution in [1.82, 2.24) is 15.1 Å². The molecular formula is C16H20N6OS. The molecule has 1 aliphatic rings. The summed E-state index contributed by atoms with van der Waals surface area (Å²) in [5, 5.41) is 16.3. The van der Waals surface area contributed by atoms with Gasteiger partial charge < -0.3 is 5.32 Å². The van der Waals surface area contributed by atoms with Gasteiger partial charge in [-0.2, -0.15) is 10.4 Å². The topological polar surface area (TPSA) is 95.4 Å². The molecular weight excluding hydrogens is 324 g/mol. The van der Waals surface area contributed by atoms with E-state index in [1.165, 1.54) is 0 Å². The number of amidine groups is 1. The first-order valence-corrected chi connectivity index (χ1v) is 9.24. The smallest absolute Gasteiger partial charge is 0.133 e. The molecule has 2 unspecified atom stereocenters. The Kier molecular flexibility index (Phi) is 6.63. The van der Waals surface area contributed by atoms with E-state index in [1.807, 2.05) is 12.3 Å². The van der Waals surface area contributed by atoms with Gasteiger partial charge in [0.1, 0.15) is 5.84 Å². The first-order valence-electron chi connectivity index (χ1n) is 7.51. The Morgan fingerprint density at radius 2 is 2.54 bits per heavy atom. The molecule has 0 bridgehead atoms. The Morgan fingerprint density at radius 1 is 1.71 bits per heavy atom. The summed E-state index contributed by atoms with van der Waals surface area (Å²) in [6, 6.07) is 2.07. The highest BCUT2D eigenvalue weighted by atomic mass is 32.2. The van der Waals surface area contributed by atoms with Crippen LogP contribution in [-0.4, -0.2) is 38.2 Å². The lowest BCUT2D eigenvalue weighted by Gasteiger charge is -2.13. The van der Waals surface area contributed by atoms with E-state index in [0.29, 0.717) is 24.3 Å². The fraction of sp³-hybridized carbons (Fsp3) is 0.375. The van der Waals surface area contributed by atoms with Crippen LogP contribution in [0.1, 0.15) is 30.9 Å². The molecule has 126 valence electrons. The van der Waals surface area contributed by atoms with Crippen molar-refractivity contribution in [3.63, 3.8) is 0 Å². The van der Waals surface area contributed by atoms with E-state index in [1.54, 1.807) is 29.7 Å². The summed E-state index contributed by atoms with van der Waals surface area (Å²) in [4.78, 5) is 8.28. The number of rotatable bonds is 8. The highest BCUT2D eigenvalue weighted by Crippen LogP contribution is 2.18. The standard InChI is InChI=1S/C16H20N6OS/c1-13(19-12-20-16-4-3-8-18-16)14-10-21-22(11-14)15(5-7-17)6-9-24(2)23/h3,8,10-12,15H,1,4-6,9H2,2H3,(H,18,19,20). The number of hydrogen-bond acceptors (Lipinski definition) is 5. The second kappa shape index (κ2) is 8.93. The Hall–Kier alpha value is -2.53. The first kappa shape index (κ1) is 17.8. The van der Waals surface area contributed by atoms with Gasteiger partial charge in [0.2, 0.25) is 0 Å². The van der Waals surface area contributed by atoms with Crippen LogP contribution in [0, 0.1) is 11.3 Å². The van der Waals surface area contributed by atoms with Crippen molar-refractivity contribution in [3.05, 3.63) is 36.8 Å². The normalized spacial score (nSPS) is 15.9. The molecule has 0 fully saturated rings. The molecule has 1 N–H and O–H groups in total. The Labute approximate surface area is 144 Å². The van der Waals surface area contributed by atoms with Gasteiger partial charge in [0.15, 0.2) is 0 Å². The molecule has 2 atom stereocenters. The van der Waals surface area contributed by atoms with Crippen molar-refractivity contribution >= 4 is 28.7 Å². The van der Waals surface area contributed by atoms with Crippen molar-refractivity contribution in [3.8, 4) is 6.07 Å². The number of aliphatic imine (C=N–C) groups is 2. The maximum Gasteiger partial charge on any atom is 0.133 e. The van der Waals surface area contributed by atoms with E-state index in [0.717, 1.165) is 17.8 Å². The van der Waals surface area contributed by atoms with Crippen LogP contribution in [0.3, 0.4) is 0 Å². The van der Waals surface area contributed by atoms with Crippen LogP contribution < -0.4 is 5.32 Å². The van der Waals surface area contributed by atoms with E-state index in [4.69, 9.17) is 5.26 Å².